The van der Waals surface area contributed by atoms with Gasteiger partial charge < -0.3 is 0 Å². The van der Waals surface area contributed by atoms with E-state index < -0.39 is 0 Å². The molecule has 0 aliphatic carbocycles. The standard InChI is InChI=1S/C11H6Br2Cl2S/c12-10(6-3-1-2-4-7(6)14)9-5-8(15)11(13)16-9/h1-5,10H. The molecule has 84 valence electrons. The minimum Gasteiger partial charge on any atom is -0.130 e. The predicted octanol–water partition coefficient (Wildman–Crippen LogP) is 6.30. The third-order valence-electron chi connectivity index (χ3n) is 2.09. The summed E-state index contributed by atoms with van der Waals surface area (Å²) in [7, 11) is 0. The molecule has 0 radical (unpaired) electrons. The summed E-state index contributed by atoms with van der Waals surface area (Å²) in [4.78, 5) is 1.21. The Morgan fingerprint density at radius 3 is 2.38 bits per heavy atom. The van der Waals surface area contributed by atoms with Crippen molar-refractivity contribution in [3.8, 4) is 0 Å². The molecule has 0 aliphatic heterocycles. The van der Waals surface area contributed by atoms with Gasteiger partial charge in [0, 0.05) is 9.90 Å². The van der Waals surface area contributed by atoms with Crippen LogP contribution in [0.2, 0.25) is 10.0 Å². The smallest absolute Gasteiger partial charge is 0.0887 e. The zero-order valence-corrected chi connectivity index (χ0v) is 13.4. The first-order chi connectivity index (χ1) is 7.59. The monoisotopic (exact) mass is 398 g/mol. The van der Waals surface area contributed by atoms with Crippen molar-refractivity contribution in [2.75, 3.05) is 0 Å². The van der Waals surface area contributed by atoms with Crippen LogP contribution < -0.4 is 0 Å². The van der Waals surface area contributed by atoms with Gasteiger partial charge in [0.1, 0.15) is 0 Å². The molecule has 0 amide bonds. The van der Waals surface area contributed by atoms with Gasteiger partial charge >= 0.3 is 0 Å². The molecule has 1 aromatic heterocycles. The quantitative estimate of drug-likeness (QED) is 0.519. The minimum atomic E-state index is 0.0787. The summed E-state index contributed by atoms with van der Waals surface area (Å²) in [6, 6.07) is 9.72. The molecule has 0 fully saturated rings. The molecule has 0 N–H and O–H groups in total. The van der Waals surface area contributed by atoms with Crippen LogP contribution in [-0.4, -0.2) is 0 Å². The van der Waals surface area contributed by atoms with Gasteiger partial charge in [0.15, 0.2) is 0 Å². The highest BCUT2D eigenvalue weighted by Gasteiger charge is 2.17. The molecule has 0 spiro atoms. The first-order valence-corrected chi connectivity index (χ1v) is 7.71. The molecular weight excluding hydrogens is 395 g/mol. The largest absolute Gasteiger partial charge is 0.130 e. The summed E-state index contributed by atoms with van der Waals surface area (Å²) in [5.74, 6) is 0. The predicted molar refractivity (Wildman–Crippen MR) is 79.3 cm³/mol. The van der Waals surface area contributed by atoms with Gasteiger partial charge in [-0.25, -0.2) is 0 Å². The highest BCUT2D eigenvalue weighted by Crippen LogP contribution is 2.42. The minimum absolute atomic E-state index is 0.0787. The molecule has 5 heteroatoms. The van der Waals surface area contributed by atoms with E-state index in [-0.39, 0.29) is 4.83 Å². The van der Waals surface area contributed by atoms with Crippen LogP contribution in [-0.2, 0) is 0 Å². The zero-order chi connectivity index (χ0) is 11.7. The van der Waals surface area contributed by atoms with Gasteiger partial charge in [0.25, 0.3) is 0 Å². The van der Waals surface area contributed by atoms with Crippen molar-refractivity contribution >= 4 is 66.4 Å². The van der Waals surface area contributed by atoms with Crippen molar-refractivity contribution in [1.82, 2.24) is 0 Å². The van der Waals surface area contributed by atoms with E-state index in [1.165, 1.54) is 0 Å². The molecule has 1 heterocycles. The molecule has 0 bridgehead atoms. The Balaban J connectivity index is 2.39. The van der Waals surface area contributed by atoms with Gasteiger partial charge in [-0.1, -0.05) is 57.3 Å². The Morgan fingerprint density at radius 2 is 1.81 bits per heavy atom. The van der Waals surface area contributed by atoms with Gasteiger partial charge in [0.05, 0.1) is 13.6 Å². The Labute approximate surface area is 125 Å². The maximum Gasteiger partial charge on any atom is 0.0887 e. The lowest BCUT2D eigenvalue weighted by molar-refractivity contribution is 1.23. The summed E-state index contributed by atoms with van der Waals surface area (Å²) in [6.07, 6.45) is 0. The highest BCUT2D eigenvalue weighted by atomic mass is 79.9. The van der Waals surface area contributed by atoms with Crippen LogP contribution in [0, 0.1) is 0 Å². The van der Waals surface area contributed by atoms with Crippen LogP contribution in [0.3, 0.4) is 0 Å². The Hall–Kier alpha value is 0.460. The third-order valence-corrected chi connectivity index (χ3v) is 6.27. The van der Waals surface area contributed by atoms with Gasteiger partial charge in [-0.2, -0.15) is 0 Å². The fraction of sp³-hybridized carbons (Fsp3) is 0.0909. The number of hydrogen-bond donors (Lipinski definition) is 0. The second-order valence-electron chi connectivity index (χ2n) is 3.15. The van der Waals surface area contributed by atoms with E-state index in [1.807, 2.05) is 30.3 Å². The molecule has 1 atom stereocenters. The van der Waals surface area contributed by atoms with E-state index in [0.29, 0.717) is 0 Å². The summed E-state index contributed by atoms with van der Waals surface area (Å²) in [5, 5.41) is 1.49. The number of alkyl halides is 1. The Bertz CT molecular complexity index is 491. The number of hydrogen-bond acceptors (Lipinski definition) is 1. The van der Waals surface area contributed by atoms with Crippen molar-refractivity contribution in [2.45, 2.75) is 4.83 Å². The molecule has 0 aliphatic rings. The lowest BCUT2D eigenvalue weighted by Gasteiger charge is -2.09. The topological polar surface area (TPSA) is 0 Å². The van der Waals surface area contributed by atoms with E-state index in [2.05, 4.69) is 31.9 Å². The average molecular weight is 401 g/mol. The van der Waals surface area contributed by atoms with Crippen molar-refractivity contribution < 1.29 is 0 Å². The second kappa shape index (κ2) is 5.40. The van der Waals surface area contributed by atoms with Crippen molar-refractivity contribution in [1.29, 1.82) is 0 Å². The number of rotatable bonds is 2. The number of benzene rings is 1. The summed E-state index contributed by atoms with van der Waals surface area (Å²) in [5.41, 5.74) is 1.05. The normalized spacial score (nSPS) is 12.8. The SMILES string of the molecule is Clc1ccccc1C(Br)c1cc(Cl)c(Br)s1. The van der Waals surface area contributed by atoms with Crippen LogP contribution in [0.5, 0.6) is 0 Å². The lowest BCUT2D eigenvalue weighted by Crippen LogP contribution is -1.89. The Kier molecular flexibility index (Phi) is 4.36. The van der Waals surface area contributed by atoms with Gasteiger partial charge in [-0.05, 0) is 33.6 Å². The van der Waals surface area contributed by atoms with Crippen LogP contribution in [0.15, 0.2) is 34.1 Å². The maximum atomic E-state index is 6.15. The van der Waals surface area contributed by atoms with Crippen molar-refractivity contribution in [3.05, 3.63) is 54.6 Å². The molecule has 1 unspecified atom stereocenters. The van der Waals surface area contributed by atoms with E-state index in [0.717, 1.165) is 24.3 Å². The van der Waals surface area contributed by atoms with Gasteiger partial charge in [-0.3, -0.25) is 0 Å². The molecule has 2 rings (SSSR count). The number of halogens is 4. The Morgan fingerprint density at radius 1 is 1.12 bits per heavy atom. The van der Waals surface area contributed by atoms with E-state index in [1.54, 1.807) is 11.3 Å². The zero-order valence-electron chi connectivity index (χ0n) is 7.88. The molecule has 16 heavy (non-hydrogen) atoms. The molecule has 0 nitrogen and oxygen atoms in total. The van der Waals surface area contributed by atoms with E-state index in [9.17, 15) is 0 Å². The summed E-state index contributed by atoms with van der Waals surface area (Å²) < 4.78 is 0.945. The van der Waals surface area contributed by atoms with Crippen LogP contribution in [0.4, 0.5) is 0 Å². The molecule has 1 aromatic carbocycles. The number of thiophene rings is 1. The second-order valence-corrected chi connectivity index (χ2v) is 7.29. The highest BCUT2D eigenvalue weighted by molar-refractivity contribution is 9.11. The van der Waals surface area contributed by atoms with Crippen molar-refractivity contribution in [2.24, 2.45) is 0 Å². The summed E-state index contributed by atoms with van der Waals surface area (Å²) in [6.45, 7) is 0. The molecule has 0 saturated heterocycles. The lowest BCUT2D eigenvalue weighted by atomic mass is 10.1. The van der Waals surface area contributed by atoms with Gasteiger partial charge in [-0.15, -0.1) is 11.3 Å². The average Bonchev–Trinajstić information content (AvgIpc) is 2.59. The first kappa shape index (κ1) is 12.9. The van der Waals surface area contributed by atoms with Crippen LogP contribution >= 0.6 is 66.4 Å². The fourth-order valence-corrected chi connectivity index (χ4v) is 4.25. The van der Waals surface area contributed by atoms with E-state index >= 15 is 0 Å². The van der Waals surface area contributed by atoms with Crippen LogP contribution in [0.25, 0.3) is 0 Å². The van der Waals surface area contributed by atoms with Gasteiger partial charge in [0.2, 0.25) is 0 Å². The molecule has 2 aromatic rings. The van der Waals surface area contributed by atoms with Crippen molar-refractivity contribution in [3.63, 3.8) is 0 Å². The summed E-state index contributed by atoms with van der Waals surface area (Å²) >= 11 is 20.8. The maximum absolute atomic E-state index is 6.15. The van der Waals surface area contributed by atoms with E-state index in [4.69, 9.17) is 23.2 Å². The van der Waals surface area contributed by atoms with Crippen LogP contribution in [0.1, 0.15) is 15.3 Å². The molecule has 0 saturated carbocycles. The molecular formula is C11H6Br2Cl2S. The first-order valence-electron chi connectivity index (χ1n) is 4.43. The fourth-order valence-electron chi connectivity index (χ4n) is 1.32. The third kappa shape index (κ3) is 2.65.